The van der Waals surface area contributed by atoms with Gasteiger partial charge in [-0.05, 0) is 48.4 Å². The minimum atomic E-state index is -0.0188. The zero-order chi connectivity index (χ0) is 18.0. The maximum absolute atomic E-state index is 12.5. The van der Waals surface area contributed by atoms with Gasteiger partial charge in [0.25, 0.3) is 11.8 Å². The third-order valence-corrected chi connectivity index (χ3v) is 5.76. The first kappa shape index (κ1) is 17.7. The number of amides is 2. The van der Waals surface area contributed by atoms with E-state index in [1.54, 1.807) is 42.5 Å². The molecule has 0 aliphatic heterocycles. The molecule has 5 heteroatoms. The van der Waals surface area contributed by atoms with Crippen molar-refractivity contribution in [3.8, 4) is 0 Å². The Morgan fingerprint density at radius 1 is 1.24 bits per heavy atom. The van der Waals surface area contributed by atoms with E-state index >= 15 is 0 Å². The maximum Gasteiger partial charge on any atom is 0.253 e. The van der Waals surface area contributed by atoms with Gasteiger partial charge in [0.15, 0.2) is 0 Å². The molecule has 0 radical (unpaired) electrons. The Morgan fingerprint density at radius 3 is 2.64 bits per heavy atom. The minimum absolute atomic E-state index is 0.000461. The van der Waals surface area contributed by atoms with Crippen molar-refractivity contribution in [3.63, 3.8) is 0 Å². The second-order valence-electron chi connectivity index (χ2n) is 6.98. The van der Waals surface area contributed by atoms with E-state index in [9.17, 15) is 9.59 Å². The molecule has 1 N–H and O–H groups in total. The lowest BCUT2D eigenvalue weighted by Gasteiger charge is -2.18. The van der Waals surface area contributed by atoms with Crippen LogP contribution in [0.2, 0.25) is 0 Å². The number of nitrogens with zero attached hydrogens (tertiary/aromatic N) is 1. The highest BCUT2D eigenvalue weighted by Crippen LogP contribution is 2.32. The molecule has 3 rings (SSSR count). The zero-order valence-corrected chi connectivity index (χ0v) is 15.8. The fourth-order valence-corrected chi connectivity index (χ4v) is 4.41. The standard InChI is InChI=1S/C20H24N2O2S/c1-13-4-9-16-17(12-25-18(16)10-13)19(23)21-11-14-5-7-15(8-6-14)20(24)22(2)3/h5-8,12-13H,4,9-11H2,1-3H3,(H,21,23). The molecule has 1 heterocycles. The van der Waals surface area contributed by atoms with Crippen molar-refractivity contribution in [2.75, 3.05) is 14.1 Å². The van der Waals surface area contributed by atoms with Crippen LogP contribution in [0.4, 0.5) is 0 Å². The Hall–Kier alpha value is -2.14. The molecule has 1 aliphatic rings. The van der Waals surface area contributed by atoms with Gasteiger partial charge in [0.2, 0.25) is 0 Å². The number of rotatable bonds is 4. The molecule has 0 saturated heterocycles. The predicted octanol–water partition coefficient (Wildman–Crippen LogP) is 3.50. The molecule has 25 heavy (non-hydrogen) atoms. The number of carbonyl (C=O) groups is 2. The summed E-state index contributed by atoms with van der Waals surface area (Å²) >= 11 is 1.71. The first-order valence-electron chi connectivity index (χ1n) is 8.63. The van der Waals surface area contributed by atoms with Gasteiger partial charge < -0.3 is 10.2 Å². The van der Waals surface area contributed by atoms with E-state index in [0.29, 0.717) is 18.0 Å². The molecule has 1 aromatic carbocycles. The number of benzene rings is 1. The fraction of sp³-hybridized carbons (Fsp3) is 0.400. The van der Waals surface area contributed by atoms with Gasteiger partial charge in [-0.3, -0.25) is 9.59 Å². The lowest BCUT2D eigenvalue weighted by atomic mass is 9.88. The third kappa shape index (κ3) is 3.93. The van der Waals surface area contributed by atoms with Gasteiger partial charge >= 0.3 is 0 Å². The van der Waals surface area contributed by atoms with Crippen LogP contribution in [0.15, 0.2) is 29.6 Å². The third-order valence-electron chi connectivity index (χ3n) is 4.71. The Kier molecular flexibility index (Phi) is 5.23. The number of hydrogen-bond donors (Lipinski definition) is 1. The van der Waals surface area contributed by atoms with Crippen LogP contribution in [0, 0.1) is 5.92 Å². The number of nitrogens with one attached hydrogen (secondary N) is 1. The summed E-state index contributed by atoms with van der Waals surface area (Å²) < 4.78 is 0. The second-order valence-corrected chi connectivity index (χ2v) is 7.94. The SMILES string of the molecule is CC1CCc2c(C(=O)NCc3ccc(C(=O)N(C)C)cc3)csc2C1. The maximum atomic E-state index is 12.5. The summed E-state index contributed by atoms with van der Waals surface area (Å²) in [5, 5.41) is 5.00. The fourth-order valence-electron chi connectivity index (χ4n) is 3.17. The average Bonchev–Trinajstić information content (AvgIpc) is 3.02. The number of thiophene rings is 1. The van der Waals surface area contributed by atoms with Crippen LogP contribution >= 0.6 is 11.3 Å². The number of fused-ring (bicyclic) bond motifs is 1. The van der Waals surface area contributed by atoms with Gasteiger partial charge in [0.1, 0.15) is 0 Å². The first-order valence-corrected chi connectivity index (χ1v) is 9.51. The molecule has 2 aromatic rings. The quantitative estimate of drug-likeness (QED) is 0.911. The van der Waals surface area contributed by atoms with Crippen molar-refractivity contribution in [3.05, 3.63) is 56.8 Å². The highest BCUT2D eigenvalue weighted by Gasteiger charge is 2.23. The normalized spacial score (nSPS) is 16.2. The zero-order valence-electron chi connectivity index (χ0n) is 15.0. The molecule has 0 fully saturated rings. The van der Waals surface area contributed by atoms with E-state index in [1.807, 2.05) is 17.5 Å². The number of hydrogen-bond acceptors (Lipinski definition) is 3. The molecule has 0 saturated carbocycles. The van der Waals surface area contributed by atoms with Crippen LogP contribution in [-0.4, -0.2) is 30.8 Å². The predicted molar refractivity (Wildman–Crippen MR) is 101 cm³/mol. The summed E-state index contributed by atoms with van der Waals surface area (Å²) in [6.45, 7) is 2.74. The van der Waals surface area contributed by atoms with Gasteiger partial charge in [-0.2, -0.15) is 0 Å². The molecular weight excluding hydrogens is 332 g/mol. The van der Waals surface area contributed by atoms with E-state index in [0.717, 1.165) is 30.4 Å². The van der Waals surface area contributed by atoms with Crippen LogP contribution in [0.1, 0.15) is 50.1 Å². The molecule has 0 spiro atoms. The summed E-state index contributed by atoms with van der Waals surface area (Å²) in [5.41, 5.74) is 3.72. The van der Waals surface area contributed by atoms with Crippen molar-refractivity contribution in [1.82, 2.24) is 10.2 Å². The lowest BCUT2D eigenvalue weighted by Crippen LogP contribution is -2.24. The van der Waals surface area contributed by atoms with Crippen molar-refractivity contribution in [1.29, 1.82) is 0 Å². The molecule has 1 atom stereocenters. The van der Waals surface area contributed by atoms with E-state index in [2.05, 4.69) is 12.2 Å². The van der Waals surface area contributed by atoms with E-state index in [4.69, 9.17) is 0 Å². The van der Waals surface area contributed by atoms with Gasteiger partial charge in [0.05, 0.1) is 5.56 Å². The minimum Gasteiger partial charge on any atom is -0.348 e. The van der Waals surface area contributed by atoms with E-state index in [1.165, 1.54) is 10.4 Å². The summed E-state index contributed by atoms with van der Waals surface area (Å²) in [4.78, 5) is 27.3. The monoisotopic (exact) mass is 356 g/mol. The molecule has 1 aromatic heterocycles. The summed E-state index contributed by atoms with van der Waals surface area (Å²) in [7, 11) is 3.47. The Balaban J connectivity index is 1.62. The Labute approximate surface area is 152 Å². The molecule has 132 valence electrons. The Bertz CT molecular complexity index is 777. The average molecular weight is 356 g/mol. The topological polar surface area (TPSA) is 49.4 Å². The van der Waals surface area contributed by atoms with Crippen molar-refractivity contribution in [2.24, 2.45) is 5.92 Å². The van der Waals surface area contributed by atoms with Crippen molar-refractivity contribution in [2.45, 2.75) is 32.7 Å². The molecule has 4 nitrogen and oxygen atoms in total. The van der Waals surface area contributed by atoms with Gasteiger partial charge in [0, 0.05) is 36.5 Å². The highest BCUT2D eigenvalue weighted by atomic mass is 32.1. The van der Waals surface area contributed by atoms with Gasteiger partial charge in [-0.15, -0.1) is 11.3 Å². The van der Waals surface area contributed by atoms with Gasteiger partial charge in [-0.25, -0.2) is 0 Å². The number of carbonyl (C=O) groups excluding carboxylic acids is 2. The molecule has 2 amide bonds. The van der Waals surface area contributed by atoms with E-state index < -0.39 is 0 Å². The lowest BCUT2D eigenvalue weighted by molar-refractivity contribution is 0.0827. The van der Waals surface area contributed by atoms with Crippen LogP contribution in [0.3, 0.4) is 0 Å². The summed E-state index contributed by atoms with van der Waals surface area (Å²) in [5.74, 6) is 0.695. The highest BCUT2D eigenvalue weighted by molar-refractivity contribution is 7.10. The van der Waals surface area contributed by atoms with E-state index in [-0.39, 0.29) is 11.8 Å². The second kappa shape index (κ2) is 7.40. The largest absolute Gasteiger partial charge is 0.348 e. The molecule has 0 bridgehead atoms. The smallest absolute Gasteiger partial charge is 0.253 e. The molecule has 1 unspecified atom stereocenters. The van der Waals surface area contributed by atoms with Crippen LogP contribution in [0.25, 0.3) is 0 Å². The summed E-state index contributed by atoms with van der Waals surface area (Å²) in [6, 6.07) is 7.39. The van der Waals surface area contributed by atoms with Crippen molar-refractivity contribution >= 4 is 23.2 Å². The first-order chi connectivity index (χ1) is 12.0. The Morgan fingerprint density at radius 2 is 1.96 bits per heavy atom. The van der Waals surface area contributed by atoms with Crippen LogP contribution in [-0.2, 0) is 19.4 Å². The van der Waals surface area contributed by atoms with Crippen LogP contribution in [0.5, 0.6) is 0 Å². The molecular formula is C20H24N2O2S. The summed E-state index contributed by atoms with van der Waals surface area (Å²) in [6.07, 6.45) is 3.25. The van der Waals surface area contributed by atoms with Crippen LogP contribution < -0.4 is 5.32 Å². The molecule has 1 aliphatic carbocycles. The van der Waals surface area contributed by atoms with Gasteiger partial charge in [-0.1, -0.05) is 19.1 Å². The van der Waals surface area contributed by atoms with Crippen molar-refractivity contribution < 1.29 is 9.59 Å².